The molecule has 0 aromatic heterocycles. The number of allylic oxidation sites excluding steroid dienone is 3. The van der Waals surface area contributed by atoms with E-state index in [0.717, 1.165) is 30.1 Å². The van der Waals surface area contributed by atoms with Gasteiger partial charge in [0, 0.05) is 39.6 Å². The number of carbonyl (C=O) groups excluding carboxylic acids is 1. The van der Waals surface area contributed by atoms with E-state index < -0.39 is 0 Å². The molecule has 0 bridgehead atoms. The number of rotatable bonds is 5. The zero-order valence-electron chi connectivity index (χ0n) is 16.4. The Bertz CT molecular complexity index is 792. The quantitative estimate of drug-likeness (QED) is 0.772. The fraction of sp³-hybridized carbons (Fsp3) is 0.550. The van der Waals surface area contributed by atoms with Crippen LogP contribution in [-0.2, 0) is 14.3 Å². The van der Waals surface area contributed by atoms with Crippen LogP contribution >= 0.6 is 0 Å². The van der Waals surface area contributed by atoms with E-state index in [-0.39, 0.29) is 23.9 Å². The van der Waals surface area contributed by atoms with Crippen LogP contribution < -0.4 is 5.73 Å². The second kappa shape index (κ2) is 7.89. The molecule has 0 spiro atoms. The minimum Gasteiger partial charge on any atom is -0.384 e. The van der Waals surface area contributed by atoms with Crippen LogP contribution in [0.2, 0.25) is 0 Å². The van der Waals surface area contributed by atoms with E-state index in [1.54, 1.807) is 14.0 Å². The number of aliphatic imine (C=N–C) groups is 2. The number of fused-ring (bicyclic) bond motifs is 3. The molecule has 150 valence electrons. The molecule has 3 heterocycles. The first kappa shape index (κ1) is 18.9. The van der Waals surface area contributed by atoms with E-state index >= 15 is 0 Å². The predicted octanol–water partition coefficient (Wildman–Crippen LogP) is 1.37. The van der Waals surface area contributed by atoms with Gasteiger partial charge in [-0.3, -0.25) is 9.80 Å². The Labute approximate surface area is 165 Å². The molecular formula is C20H27N5O3. The highest BCUT2D eigenvalue weighted by atomic mass is 16.5. The van der Waals surface area contributed by atoms with Gasteiger partial charge in [-0.2, -0.15) is 0 Å². The van der Waals surface area contributed by atoms with Gasteiger partial charge in [0.05, 0.1) is 18.4 Å². The van der Waals surface area contributed by atoms with E-state index in [1.165, 1.54) is 0 Å². The van der Waals surface area contributed by atoms with Gasteiger partial charge >= 0.3 is 0 Å². The van der Waals surface area contributed by atoms with Gasteiger partial charge in [0.25, 0.3) is 0 Å². The summed E-state index contributed by atoms with van der Waals surface area (Å²) >= 11 is 0. The maximum absolute atomic E-state index is 12.8. The first-order valence-corrected chi connectivity index (χ1v) is 9.78. The topological polar surface area (TPSA) is 92.8 Å². The van der Waals surface area contributed by atoms with Crippen LogP contribution in [0, 0.1) is 5.92 Å². The molecule has 28 heavy (non-hydrogen) atoms. The first-order chi connectivity index (χ1) is 13.6. The fourth-order valence-electron chi connectivity index (χ4n) is 4.32. The van der Waals surface area contributed by atoms with Gasteiger partial charge in [-0.05, 0) is 18.9 Å². The molecule has 1 saturated heterocycles. The molecule has 1 fully saturated rings. The highest BCUT2D eigenvalue weighted by Gasteiger charge is 2.47. The number of hydrazine groups is 1. The summed E-state index contributed by atoms with van der Waals surface area (Å²) in [4.78, 5) is 22.2. The summed E-state index contributed by atoms with van der Waals surface area (Å²) in [5.41, 5.74) is 7.92. The number of nitrogens with two attached hydrogens (primary N) is 1. The third kappa shape index (κ3) is 3.27. The molecule has 8 nitrogen and oxygen atoms in total. The number of amides is 1. The van der Waals surface area contributed by atoms with Crippen LogP contribution in [0.4, 0.5) is 0 Å². The van der Waals surface area contributed by atoms with Crippen molar-refractivity contribution in [2.45, 2.75) is 38.3 Å². The number of hydrogen-bond donors (Lipinski definition) is 1. The standard InChI is InChI=1S/C20H27N5O3/c1-13(26)24(14-7-11-28-12-8-14)25-17(9-10-27-2)23-18-19(25)15-5-3-4-6-16(15)22-20(18)21/h3-6,14-15,19H,7-12,21H2,1-2H3. The van der Waals surface area contributed by atoms with E-state index in [2.05, 4.69) is 16.1 Å². The normalized spacial score (nSPS) is 26.7. The van der Waals surface area contributed by atoms with Gasteiger partial charge in [-0.15, -0.1) is 0 Å². The lowest BCUT2D eigenvalue weighted by molar-refractivity contribution is -0.151. The Balaban J connectivity index is 1.76. The number of ether oxygens (including phenoxy) is 2. The molecule has 1 amide bonds. The smallest absolute Gasteiger partial charge is 0.238 e. The van der Waals surface area contributed by atoms with Crippen LogP contribution in [0.3, 0.4) is 0 Å². The fourth-order valence-corrected chi connectivity index (χ4v) is 4.32. The third-order valence-electron chi connectivity index (χ3n) is 5.57. The van der Waals surface area contributed by atoms with Crippen molar-refractivity contribution >= 4 is 17.5 Å². The second-order valence-corrected chi connectivity index (χ2v) is 7.34. The van der Waals surface area contributed by atoms with Crippen molar-refractivity contribution in [1.29, 1.82) is 0 Å². The molecule has 1 aliphatic carbocycles. The number of methoxy groups -OCH3 is 1. The van der Waals surface area contributed by atoms with Gasteiger partial charge in [-0.25, -0.2) is 15.0 Å². The Morgan fingerprint density at radius 2 is 2.14 bits per heavy atom. The zero-order valence-corrected chi connectivity index (χ0v) is 16.4. The van der Waals surface area contributed by atoms with Crippen LogP contribution in [-0.4, -0.2) is 66.5 Å². The Hall–Kier alpha value is -2.45. The molecule has 3 aliphatic heterocycles. The summed E-state index contributed by atoms with van der Waals surface area (Å²) in [6.07, 6.45) is 10.3. The highest BCUT2D eigenvalue weighted by Crippen LogP contribution is 2.38. The number of hydrogen-bond acceptors (Lipinski definition) is 7. The zero-order chi connectivity index (χ0) is 19.7. The summed E-state index contributed by atoms with van der Waals surface area (Å²) in [6.45, 7) is 3.44. The predicted molar refractivity (Wildman–Crippen MR) is 106 cm³/mol. The number of nitrogens with zero attached hydrogens (tertiary/aromatic N) is 4. The largest absolute Gasteiger partial charge is 0.384 e. The van der Waals surface area contributed by atoms with Gasteiger partial charge in [0.2, 0.25) is 5.91 Å². The second-order valence-electron chi connectivity index (χ2n) is 7.34. The Morgan fingerprint density at radius 3 is 2.86 bits per heavy atom. The van der Waals surface area contributed by atoms with Crippen molar-refractivity contribution in [3.05, 3.63) is 35.8 Å². The minimum absolute atomic E-state index is 0.00205. The van der Waals surface area contributed by atoms with Crippen LogP contribution in [0.15, 0.2) is 45.8 Å². The summed E-state index contributed by atoms with van der Waals surface area (Å²) < 4.78 is 10.8. The SMILES string of the molecule is COCCC1=NC2=C(N)N=C3C=CC=CC3C2N1N(C(C)=O)C1CCOCC1. The molecule has 2 N–H and O–H groups in total. The maximum Gasteiger partial charge on any atom is 0.238 e. The van der Waals surface area contributed by atoms with Gasteiger partial charge in [0.1, 0.15) is 23.4 Å². The molecule has 2 unspecified atom stereocenters. The summed E-state index contributed by atoms with van der Waals surface area (Å²) in [5.74, 6) is 1.21. The lowest BCUT2D eigenvalue weighted by Crippen LogP contribution is -2.59. The first-order valence-electron chi connectivity index (χ1n) is 9.78. The van der Waals surface area contributed by atoms with Crippen molar-refractivity contribution < 1.29 is 14.3 Å². The van der Waals surface area contributed by atoms with Gasteiger partial charge in [0.15, 0.2) is 0 Å². The van der Waals surface area contributed by atoms with Gasteiger partial charge in [-0.1, -0.05) is 18.2 Å². The van der Waals surface area contributed by atoms with Crippen molar-refractivity contribution in [2.75, 3.05) is 26.9 Å². The minimum atomic E-state index is -0.174. The van der Waals surface area contributed by atoms with Crippen molar-refractivity contribution in [3.8, 4) is 0 Å². The van der Waals surface area contributed by atoms with Crippen LogP contribution in [0.25, 0.3) is 0 Å². The molecule has 0 aromatic rings. The molecule has 4 aliphatic rings. The van der Waals surface area contributed by atoms with E-state index in [0.29, 0.717) is 32.1 Å². The van der Waals surface area contributed by atoms with E-state index in [4.69, 9.17) is 20.2 Å². The highest BCUT2D eigenvalue weighted by molar-refractivity contribution is 6.03. The summed E-state index contributed by atoms with van der Waals surface area (Å²) in [6, 6.07) is -0.0997. The van der Waals surface area contributed by atoms with E-state index in [1.807, 2.05) is 23.2 Å². The van der Waals surface area contributed by atoms with Crippen LogP contribution in [0.5, 0.6) is 0 Å². The van der Waals surface area contributed by atoms with Crippen molar-refractivity contribution in [3.63, 3.8) is 0 Å². The third-order valence-corrected chi connectivity index (χ3v) is 5.57. The van der Waals surface area contributed by atoms with Crippen LogP contribution in [0.1, 0.15) is 26.2 Å². The number of amidine groups is 1. The molecule has 8 heteroatoms. The molecule has 4 rings (SSSR count). The Morgan fingerprint density at radius 1 is 1.36 bits per heavy atom. The summed E-state index contributed by atoms with van der Waals surface area (Å²) in [5, 5.41) is 3.93. The number of carbonyl (C=O) groups is 1. The molecular weight excluding hydrogens is 358 g/mol. The molecule has 0 aromatic carbocycles. The van der Waals surface area contributed by atoms with Crippen molar-refractivity contribution in [2.24, 2.45) is 21.6 Å². The average Bonchev–Trinajstić information content (AvgIpc) is 3.07. The molecule has 0 saturated carbocycles. The Kier molecular flexibility index (Phi) is 5.32. The molecule has 2 atom stereocenters. The average molecular weight is 385 g/mol. The monoisotopic (exact) mass is 385 g/mol. The lowest BCUT2D eigenvalue weighted by Gasteiger charge is -2.46. The lowest BCUT2D eigenvalue weighted by atomic mass is 9.86. The van der Waals surface area contributed by atoms with E-state index in [9.17, 15) is 4.79 Å². The maximum atomic E-state index is 12.8. The molecule has 0 radical (unpaired) electrons. The summed E-state index contributed by atoms with van der Waals surface area (Å²) in [7, 11) is 1.66. The van der Waals surface area contributed by atoms with Gasteiger partial charge < -0.3 is 15.2 Å². The van der Waals surface area contributed by atoms with Crippen molar-refractivity contribution in [1.82, 2.24) is 10.0 Å².